The number of carbonyl (C=O) groups excluding carboxylic acids is 1. The number of amides is 1. The second-order valence-electron chi connectivity index (χ2n) is 10.4. The number of hydrogen-bond donors (Lipinski definition) is 1. The molecule has 2 saturated heterocycles. The minimum Gasteiger partial charge on any atom is -0.406 e. The molecular formula is C28H25F4N7O2. The van der Waals surface area contributed by atoms with Gasteiger partial charge in [0.1, 0.15) is 23.5 Å². The number of aromatic nitrogens is 4. The molecule has 41 heavy (non-hydrogen) atoms. The molecule has 1 aromatic carbocycles. The third-order valence-corrected chi connectivity index (χ3v) is 7.94. The quantitative estimate of drug-likeness (QED) is 0.339. The molecule has 5 heterocycles. The van der Waals surface area contributed by atoms with Gasteiger partial charge in [0, 0.05) is 61.8 Å². The zero-order chi connectivity index (χ0) is 28.8. The number of aromatic amines is 1. The van der Waals surface area contributed by atoms with Gasteiger partial charge in [-0.15, -0.1) is 13.2 Å². The van der Waals surface area contributed by atoms with Crippen molar-refractivity contribution < 1.29 is 27.1 Å². The number of hydrogen-bond acceptors (Lipinski definition) is 6. The van der Waals surface area contributed by atoms with E-state index in [2.05, 4.69) is 35.2 Å². The summed E-state index contributed by atoms with van der Waals surface area (Å²) in [6.45, 7) is 1.98. The van der Waals surface area contributed by atoms with Gasteiger partial charge >= 0.3 is 6.36 Å². The first-order valence-electron chi connectivity index (χ1n) is 13.1. The summed E-state index contributed by atoms with van der Waals surface area (Å²) in [5.74, 6) is -2.21. The van der Waals surface area contributed by atoms with Gasteiger partial charge in [-0.1, -0.05) is 0 Å². The van der Waals surface area contributed by atoms with Gasteiger partial charge in [0.2, 0.25) is 0 Å². The van der Waals surface area contributed by atoms with Gasteiger partial charge in [-0.05, 0) is 43.2 Å². The van der Waals surface area contributed by atoms with E-state index >= 15 is 0 Å². The fraction of sp³-hybridized carbons (Fsp3) is 0.357. The molecule has 2 aliphatic heterocycles. The molecule has 2 aliphatic rings. The molecule has 0 spiro atoms. The summed E-state index contributed by atoms with van der Waals surface area (Å²) in [5, 5.41) is 10.5. The Hall–Kier alpha value is -4.44. The molecule has 1 N–H and O–H groups in total. The number of H-pyrrole nitrogens is 1. The Labute approximate surface area is 232 Å². The Morgan fingerprint density at radius 2 is 1.95 bits per heavy atom. The molecule has 9 nitrogen and oxygen atoms in total. The van der Waals surface area contributed by atoms with Crippen molar-refractivity contribution in [3.8, 4) is 23.1 Å². The number of nitrogens with one attached hydrogen (secondary N) is 1. The summed E-state index contributed by atoms with van der Waals surface area (Å²) in [7, 11) is 0. The van der Waals surface area contributed by atoms with Crippen LogP contribution in [0.15, 0.2) is 55.2 Å². The predicted molar refractivity (Wildman–Crippen MR) is 139 cm³/mol. The zero-order valence-electron chi connectivity index (χ0n) is 21.7. The van der Waals surface area contributed by atoms with Crippen LogP contribution in [-0.4, -0.2) is 73.8 Å². The Kier molecular flexibility index (Phi) is 6.65. The highest BCUT2D eigenvalue weighted by Gasteiger charge is 2.47. The molecule has 212 valence electrons. The van der Waals surface area contributed by atoms with Crippen LogP contribution in [0.1, 0.15) is 29.6 Å². The Morgan fingerprint density at radius 1 is 1.17 bits per heavy atom. The first-order valence-corrected chi connectivity index (χ1v) is 13.1. The molecule has 4 aromatic rings. The summed E-state index contributed by atoms with van der Waals surface area (Å²) in [5.41, 5.74) is 1.64. The number of ether oxygens (including phenoxy) is 1. The number of nitriles is 1. The molecule has 0 radical (unpaired) electrons. The molecule has 0 bridgehead atoms. The van der Waals surface area contributed by atoms with Crippen LogP contribution >= 0.6 is 0 Å². The highest BCUT2D eigenvalue weighted by molar-refractivity contribution is 5.95. The number of rotatable bonds is 6. The van der Waals surface area contributed by atoms with Gasteiger partial charge in [-0.3, -0.25) is 9.69 Å². The van der Waals surface area contributed by atoms with Crippen molar-refractivity contribution in [2.24, 2.45) is 0 Å². The van der Waals surface area contributed by atoms with Gasteiger partial charge in [0.25, 0.3) is 5.91 Å². The summed E-state index contributed by atoms with van der Waals surface area (Å²) < 4.78 is 58.0. The van der Waals surface area contributed by atoms with Crippen LogP contribution in [0.2, 0.25) is 0 Å². The standard InChI is InChI=1S/C28H25F4N7O2/c29-23-2-1-20(41-28(30,31)32)13-22(23)26(40)37-10-5-19(6-11-37)38-15-27(16-38,7-8-33)39-12-4-18(14-39)24-21-3-9-34-25(21)36-17-35-24/h1-4,9,12-14,17,19H,5-7,10-11,15-16H2,(H,34,35,36). The first kappa shape index (κ1) is 26.8. The van der Waals surface area contributed by atoms with E-state index in [9.17, 15) is 27.6 Å². The van der Waals surface area contributed by atoms with E-state index in [4.69, 9.17) is 0 Å². The Balaban J connectivity index is 1.10. The lowest BCUT2D eigenvalue weighted by Gasteiger charge is -2.54. The fourth-order valence-electron chi connectivity index (χ4n) is 5.89. The van der Waals surface area contributed by atoms with E-state index in [1.165, 1.54) is 11.2 Å². The number of nitrogens with zero attached hydrogens (tertiary/aromatic N) is 6. The summed E-state index contributed by atoms with van der Waals surface area (Å²) in [4.78, 5) is 28.5. The van der Waals surface area contributed by atoms with Gasteiger partial charge in [0.15, 0.2) is 0 Å². The smallest absolute Gasteiger partial charge is 0.406 e. The Bertz CT molecular complexity index is 1630. The van der Waals surface area contributed by atoms with E-state index in [1.807, 2.05) is 30.7 Å². The highest BCUT2D eigenvalue weighted by atomic mass is 19.4. The summed E-state index contributed by atoms with van der Waals surface area (Å²) >= 11 is 0. The highest BCUT2D eigenvalue weighted by Crippen LogP contribution is 2.38. The number of fused-ring (bicyclic) bond motifs is 1. The van der Waals surface area contributed by atoms with Gasteiger partial charge in [-0.2, -0.15) is 5.26 Å². The maximum absolute atomic E-state index is 14.3. The molecule has 2 fully saturated rings. The SMILES string of the molecule is N#CCC1(n2ccc(-c3ncnc4[nH]ccc34)c2)CN(C2CCN(C(=O)c3cc(OC(F)(F)F)ccc3F)CC2)C1. The average Bonchev–Trinajstić information content (AvgIpc) is 3.61. The van der Waals surface area contributed by atoms with Crippen molar-refractivity contribution in [3.05, 3.63) is 66.6 Å². The molecule has 0 atom stereocenters. The van der Waals surface area contributed by atoms with Crippen molar-refractivity contribution in [1.82, 2.24) is 29.3 Å². The van der Waals surface area contributed by atoms with Crippen LogP contribution in [0.3, 0.4) is 0 Å². The second kappa shape index (κ2) is 10.2. The number of piperidine rings is 1. The van der Waals surface area contributed by atoms with Crippen molar-refractivity contribution in [3.63, 3.8) is 0 Å². The zero-order valence-corrected chi connectivity index (χ0v) is 21.7. The number of carbonyl (C=O) groups is 1. The maximum atomic E-state index is 14.3. The van der Waals surface area contributed by atoms with Crippen LogP contribution in [-0.2, 0) is 5.54 Å². The number of benzene rings is 1. The van der Waals surface area contributed by atoms with Crippen LogP contribution in [0, 0.1) is 17.1 Å². The minimum absolute atomic E-state index is 0.159. The number of halogens is 4. The topological polar surface area (TPSA) is 103 Å². The second-order valence-corrected chi connectivity index (χ2v) is 10.4. The average molecular weight is 568 g/mol. The van der Waals surface area contributed by atoms with Gasteiger partial charge < -0.3 is 19.2 Å². The molecule has 0 unspecified atom stereocenters. The van der Waals surface area contributed by atoms with Crippen LogP contribution < -0.4 is 4.74 Å². The molecule has 6 rings (SSSR count). The third kappa shape index (κ3) is 5.11. The normalized spacial score (nSPS) is 17.8. The monoisotopic (exact) mass is 567 g/mol. The predicted octanol–water partition coefficient (Wildman–Crippen LogP) is 4.69. The van der Waals surface area contributed by atoms with Crippen molar-refractivity contribution in [2.45, 2.75) is 37.2 Å². The molecule has 3 aromatic heterocycles. The number of alkyl halides is 3. The maximum Gasteiger partial charge on any atom is 0.573 e. The lowest BCUT2D eigenvalue weighted by atomic mass is 9.83. The van der Waals surface area contributed by atoms with Crippen molar-refractivity contribution in [2.75, 3.05) is 26.2 Å². The summed E-state index contributed by atoms with van der Waals surface area (Å²) in [6.07, 6.45) is 3.94. The minimum atomic E-state index is -4.94. The molecule has 0 aliphatic carbocycles. The lowest BCUT2D eigenvalue weighted by molar-refractivity contribution is -0.274. The van der Waals surface area contributed by atoms with E-state index in [0.717, 1.165) is 40.5 Å². The van der Waals surface area contributed by atoms with E-state index in [-0.39, 0.29) is 6.04 Å². The lowest BCUT2D eigenvalue weighted by Crippen LogP contribution is -2.66. The van der Waals surface area contributed by atoms with Crippen LogP contribution in [0.4, 0.5) is 17.6 Å². The van der Waals surface area contributed by atoms with E-state index in [0.29, 0.717) is 45.4 Å². The molecule has 0 saturated carbocycles. The molecular weight excluding hydrogens is 542 g/mol. The van der Waals surface area contributed by atoms with E-state index < -0.39 is 34.9 Å². The van der Waals surface area contributed by atoms with Crippen molar-refractivity contribution >= 4 is 16.9 Å². The fourth-order valence-corrected chi connectivity index (χ4v) is 5.89. The Morgan fingerprint density at radius 3 is 2.68 bits per heavy atom. The van der Waals surface area contributed by atoms with Gasteiger partial charge in [-0.25, -0.2) is 14.4 Å². The van der Waals surface area contributed by atoms with Gasteiger partial charge in [0.05, 0.1) is 29.3 Å². The van der Waals surface area contributed by atoms with Crippen LogP contribution in [0.25, 0.3) is 22.3 Å². The van der Waals surface area contributed by atoms with Crippen LogP contribution in [0.5, 0.6) is 5.75 Å². The summed E-state index contributed by atoms with van der Waals surface area (Å²) in [6, 6.07) is 8.82. The largest absolute Gasteiger partial charge is 0.573 e. The van der Waals surface area contributed by atoms with E-state index in [1.54, 1.807) is 0 Å². The molecule has 13 heteroatoms. The molecule has 1 amide bonds. The van der Waals surface area contributed by atoms with Crippen molar-refractivity contribution in [1.29, 1.82) is 5.26 Å². The third-order valence-electron chi connectivity index (χ3n) is 7.94. The first-order chi connectivity index (χ1) is 19.7. The number of likely N-dealkylation sites (tertiary alicyclic amines) is 2.